The van der Waals surface area contributed by atoms with Crippen LogP contribution in [-0.4, -0.2) is 10.5 Å². The molecule has 0 aliphatic heterocycles. The van der Waals surface area contributed by atoms with Crippen molar-refractivity contribution in [2.45, 2.75) is 19.9 Å². The Balaban J connectivity index is 2.23. The molecule has 19 heavy (non-hydrogen) atoms. The van der Waals surface area contributed by atoms with Gasteiger partial charge in [0.25, 0.3) is 5.91 Å². The van der Waals surface area contributed by atoms with Crippen LogP contribution < -0.4 is 5.32 Å². The van der Waals surface area contributed by atoms with Gasteiger partial charge in [-0.05, 0) is 66.8 Å². The molecule has 3 nitrogen and oxygen atoms in total. The Hall–Kier alpha value is -1.37. The second kappa shape index (κ2) is 5.73. The molecule has 1 amide bonds. The highest BCUT2D eigenvalue weighted by Gasteiger charge is 2.14. The predicted octanol–water partition coefficient (Wildman–Crippen LogP) is 4.07. The number of carbonyl (C=O) groups is 1. The van der Waals surface area contributed by atoms with Gasteiger partial charge in [-0.1, -0.05) is 0 Å². The number of anilines is 1. The van der Waals surface area contributed by atoms with Gasteiger partial charge in [-0.25, -0.2) is 4.39 Å². The molecule has 0 atom stereocenters. The zero-order valence-electron chi connectivity index (χ0n) is 10.7. The summed E-state index contributed by atoms with van der Waals surface area (Å²) in [6, 6.07) is 8.10. The van der Waals surface area contributed by atoms with E-state index in [9.17, 15) is 9.18 Å². The average molecular weight is 372 g/mol. The van der Waals surface area contributed by atoms with Crippen LogP contribution in [-0.2, 0) is 0 Å². The Bertz CT molecular complexity index is 607. The predicted molar refractivity (Wildman–Crippen MR) is 81.9 cm³/mol. The molecule has 0 saturated carbocycles. The van der Waals surface area contributed by atoms with Crippen LogP contribution in [0.1, 0.15) is 30.4 Å². The number of carbonyl (C=O) groups excluding carboxylic acids is 1. The lowest BCUT2D eigenvalue weighted by Crippen LogP contribution is -2.18. The number of hydrogen-bond acceptors (Lipinski definition) is 1. The molecule has 0 unspecified atom stereocenters. The maximum atomic E-state index is 13.0. The van der Waals surface area contributed by atoms with Crippen molar-refractivity contribution >= 4 is 34.2 Å². The van der Waals surface area contributed by atoms with Crippen LogP contribution in [0.5, 0.6) is 0 Å². The Kier molecular flexibility index (Phi) is 4.24. The molecule has 0 fully saturated rings. The Labute approximate surface area is 125 Å². The highest BCUT2D eigenvalue weighted by molar-refractivity contribution is 14.1. The van der Waals surface area contributed by atoms with Gasteiger partial charge < -0.3 is 9.88 Å². The van der Waals surface area contributed by atoms with Crippen molar-refractivity contribution in [2.24, 2.45) is 0 Å². The summed E-state index contributed by atoms with van der Waals surface area (Å²) < 4.78 is 15.6. The van der Waals surface area contributed by atoms with E-state index in [1.165, 1.54) is 12.1 Å². The smallest absolute Gasteiger partial charge is 0.272 e. The second-order valence-electron chi connectivity index (χ2n) is 4.47. The van der Waals surface area contributed by atoms with Gasteiger partial charge in [0, 0.05) is 15.8 Å². The van der Waals surface area contributed by atoms with Crippen LogP contribution in [0.2, 0.25) is 0 Å². The molecule has 0 saturated heterocycles. The quantitative estimate of drug-likeness (QED) is 0.810. The summed E-state index contributed by atoms with van der Waals surface area (Å²) in [5.74, 6) is -0.504. The van der Waals surface area contributed by atoms with E-state index in [0.717, 1.165) is 0 Å². The summed E-state index contributed by atoms with van der Waals surface area (Å²) in [6.45, 7) is 4.02. The van der Waals surface area contributed by atoms with Gasteiger partial charge in [0.1, 0.15) is 11.5 Å². The van der Waals surface area contributed by atoms with Crippen LogP contribution >= 0.6 is 22.6 Å². The maximum Gasteiger partial charge on any atom is 0.272 e. The van der Waals surface area contributed by atoms with Gasteiger partial charge in [0.15, 0.2) is 0 Å². The zero-order valence-corrected chi connectivity index (χ0v) is 12.8. The SMILES string of the molecule is CC(C)n1cccc1C(=O)Nc1ccc(F)cc1I. The van der Waals surface area contributed by atoms with E-state index >= 15 is 0 Å². The number of benzene rings is 1. The zero-order chi connectivity index (χ0) is 14.0. The number of nitrogens with zero attached hydrogens (tertiary/aromatic N) is 1. The van der Waals surface area contributed by atoms with E-state index in [4.69, 9.17) is 0 Å². The third kappa shape index (κ3) is 3.15. The largest absolute Gasteiger partial charge is 0.341 e. The lowest BCUT2D eigenvalue weighted by molar-refractivity contribution is 0.101. The fraction of sp³-hybridized carbons (Fsp3) is 0.214. The molecule has 0 aliphatic carbocycles. The van der Waals surface area contributed by atoms with Gasteiger partial charge in [0.2, 0.25) is 0 Å². The van der Waals surface area contributed by atoms with Gasteiger partial charge in [-0.2, -0.15) is 0 Å². The summed E-state index contributed by atoms with van der Waals surface area (Å²) in [4.78, 5) is 12.2. The monoisotopic (exact) mass is 372 g/mol. The van der Waals surface area contributed by atoms with E-state index < -0.39 is 0 Å². The Morgan fingerprint density at radius 1 is 1.37 bits per heavy atom. The molecule has 1 aromatic carbocycles. The molecule has 0 bridgehead atoms. The van der Waals surface area contributed by atoms with Crippen LogP contribution in [0, 0.1) is 9.39 Å². The molecule has 100 valence electrons. The summed E-state index contributed by atoms with van der Waals surface area (Å²) >= 11 is 2.00. The molecular formula is C14H14FIN2O. The molecular weight excluding hydrogens is 358 g/mol. The van der Waals surface area contributed by atoms with Crippen molar-refractivity contribution in [2.75, 3.05) is 5.32 Å². The van der Waals surface area contributed by atoms with Gasteiger partial charge >= 0.3 is 0 Å². The lowest BCUT2D eigenvalue weighted by Gasteiger charge is -2.13. The second-order valence-corrected chi connectivity index (χ2v) is 5.63. The third-order valence-electron chi connectivity index (χ3n) is 2.75. The van der Waals surface area contributed by atoms with Crippen molar-refractivity contribution < 1.29 is 9.18 Å². The first-order chi connectivity index (χ1) is 8.99. The van der Waals surface area contributed by atoms with Crippen molar-refractivity contribution in [3.8, 4) is 0 Å². The Morgan fingerprint density at radius 3 is 2.74 bits per heavy atom. The Morgan fingerprint density at radius 2 is 2.11 bits per heavy atom. The number of aromatic nitrogens is 1. The van der Waals surface area contributed by atoms with Crippen LogP contribution in [0.3, 0.4) is 0 Å². The van der Waals surface area contributed by atoms with Gasteiger partial charge in [0.05, 0.1) is 5.69 Å². The molecule has 1 aromatic heterocycles. The van der Waals surface area contributed by atoms with E-state index in [0.29, 0.717) is 15.0 Å². The molecule has 0 radical (unpaired) electrons. The minimum atomic E-state index is -0.312. The number of halogens is 2. The summed E-state index contributed by atoms with van der Waals surface area (Å²) in [5.41, 5.74) is 1.21. The normalized spacial score (nSPS) is 10.8. The first-order valence-corrected chi connectivity index (χ1v) is 7.00. The number of amides is 1. The highest BCUT2D eigenvalue weighted by Crippen LogP contribution is 2.20. The molecule has 1 N–H and O–H groups in total. The summed E-state index contributed by atoms with van der Waals surface area (Å²) in [6.07, 6.45) is 1.87. The van der Waals surface area contributed by atoms with Crippen molar-refractivity contribution in [1.82, 2.24) is 4.57 Å². The number of nitrogens with one attached hydrogen (secondary N) is 1. The van der Waals surface area contributed by atoms with E-state index in [2.05, 4.69) is 5.32 Å². The first-order valence-electron chi connectivity index (χ1n) is 5.92. The fourth-order valence-corrected chi connectivity index (χ4v) is 2.43. The van der Waals surface area contributed by atoms with Crippen molar-refractivity contribution in [1.29, 1.82) is 0 Å². The van der Waals surface area contributed by atoms with E-state index in [1.807, 2.05) is 53.3 Å². The van der Waals surface area contributed by atoms with Crippen LogP contribution in [0.15, 0.2) is 36.5 Å². The van der Waals surface area contributed by atoms with E-state index in [1.54, 1.807) is 12.1 Å². The molecule has 5 heteroatoms. The van der Waals surface area contributed by atoms with E-state index in [-0.39, 0.29) is 17.8 Å². The average Bonchev–Trinajstić information content (AvgIpc) is 2.82. The van der Waals surface area contributed by atoms with Crippen molar-refractivity contribution in [3.63, 3.8) is 0 Å². The molecule has 2 aromatic rings. The molecule has 1 heterocycles. The fourth-order valence-electron chi connectivity index (χ4n) is 1.81. The minimum Gasteiger partial charge on any atom is -0.341 e. The number of rotatable bonds is 3. The third-order valence-corrected chi connectivity index (χ3v) is 3.64. The minimum absolute atomic E-state index is 0.191. The topological polar surface area (TPSA) is 34.0 Å². The molecule has 0 aliphatic rings. The lowest BCUT2D eigenvalue weighted by atomic mass is 10.3. The first kappa shape index (κ1) is 14.0. The van der Waals surface area contributed by atoms with Gasteiger partial charge in [-0.15, -0.1) is 0 Å². The maximum absolute atomic E-state index is 13.0. The van der Waals surface area contributed by atoms with Crippen LogP contribution in [0.4, 0.5) is 10.1 Å². The summed E-state index contributed by atoms with van der Waals surface area (Å²) in [5, 5.41) is 2.80. The number of hydrogen-bond donors (Lipinski definition) is 1. The standard InChI is InChI=1S/C14H14FIN2O/c1-9(2)18-7-3-4-13(18)14(19)17-12-6-5-10(15)8-11(12)16/h3-9H,1-2H3,(H,17,19). The molecule has 0 spiro atoms. The molecule has 2 rings (SSSR count). The van der Waals surface area contributed by atoms with Crippen molar-refractivity contribution in [3.05, 3.63) is 51.6 Å². The van der Waals surface area contributed by atoms with Gasteiger partial charge in [-0.3, -0.25) is 4.79 Å². The van der Waals surface area contributed by atoms with Crippen LogP contribution in [0.25, 0.3) is 0 Å². The highest BCUT2D eigenvalue weighted by atomic mass is 127. The summed E-state index contributed by atoms with van der Waals surface area (Å²) in [7, 11) is 0.